The Bertz CT molecular complexity index is 1070. The highest BCUT2D eigenvalue weighted by molar-refractivity contribution is 5.97. The molecular formula is C27H33N3O6. The van der Waals surface area contributed by atoms with Crippen molar-refractivity contribution in [3.8, 4) is 5.75 Å². The monoisotopic (exact) mass is 495 g/mol. The van der Waals surface area contributed by atoms with Gasteiger partial charge in [0.25, 0.3) is 17.7 Å². The molecule has 2 aromatic rings. The second-order valence-corrected chi connectivity index (χ2v) is 9.14. The average Bonchev–Trinajstić information content (AvgIpc) is 2.86. The Hall–Kier alpha value is -3.88. The van der Waals surface area contributed by atoms with E-state index in [1.54, 1.807) is 50.5 Å². The summed E-state index contributed by atoms with van der Waals surface area (Å²) >= 11 is 0. The first-order valence-electron chi connectivity index (χ1n) is 12.0. The number of anilines is 1. The quantitative estimate of drug-likeness (QED) is 0.563. The van der Waals surface area contributed by atoms with Gasteiger partial charge in [-0.15, -0.1) is 0 Å². The van der Waals surface area contributed by atoms with E-state index in [4.69, 9.17) is 9.47 Å². The van der Waals surface area contributed by atoms with Crippen molar-refractivity contribution in [3.63, 3.8) is 0 Å². The van der Waals surface area contributed by atoms with Crippen molar-refractivity contribution in [1.29, 1.82) is 0 Å². The van der Waals surface area contributed by atoms with Crippen molar-refractivity contribution in [2.75, 3.05) is 32.6 Å². The number of amides is 3. The maximum atomic E-state index is 12.6. The number of benzene rings is 2. The molecular weight excluding hydrogens is 462 g/mol. The predicted octanol–water partition coefficient (Wildman–Crippen LogP) is 3.35. The molecule has 1 aliphatic rings. The van der Waals surface area contributed by atoms with Gasteiger partial charge in [0.15, 0.2) is 13.2 Å². The number of carbonyl (C=O) groups is 4. The van der Waals surface area contributed by atoms with Crippen LogP contribution in [0.1, 0.15) is 53.8 Å². The number of piperidine rings is 1. The Morgan fingerprint density at radius 2 is 1.47 bits per heavy atom. The van der Waals surface area contributed by atoms with Gasteiger partial charge >= 0.3 is 5.97 Å². The Morgan fingerprint density at radius 1 is 0.889 bits per heavy atom. The third-order valence-corrected chi connectivity index (χ3v) is 6.09. The molecule has 1 fully saturated rings. The lowest BCUT2D eigenvalue weighted by Crippen LogP contribution is -2.49. The standard InChI is InChI=1S/C27H33N3O6/c1-18-6-5-7-19(2)30(18)25(32)17-35-23-14-10-21(11-15-23)27(34)36-16-24(31)28-22-12-8-20(9-13-22)26(33)29(3)4/h8-15,18-19H,5-7,16-17H2,1-4H3,(H,28,31). The highest BCUT2D eigenvalue weighted by atomic mass is 16.5. The summed E-state index contributed by atoms with van der Waals surface area (Å²) in [5, 5.41) is 2.62. The Morgan fingerprint density at radius 3 is 2.06 bits per heavy atom. The number of likely N-dealkylation sites (tertiary alicyclic amines) is 1. The molecule has 2 unspecified atom stereocenters. The zero-order chi connectivity index (χ0) is 26.2. The Kier molecular flexibility index (Phi) is 9.05. The molecule has 3 amide bonds. The number of carbonyl (C=O) groups excluding carboxylic acids is 4. The summed E-state index contributed by atoms with van der Waals surface area (Å²) in [6.07, 6.45) is 3.11. The summed E-state index contributed by atoms with van der Waals surface area (Å²) in [5.41, 5.74) is 1.24. The fourth-order valence-corrected chi connectivity index (χ4v) is 4.19. The molecule has 3 rings (SSSR count). The molecule has 0 aliphatic carbocycles. The molecule has 1 aliphatic heterocycles. The fraction of sp³-hybridized carbons (Fsp3) is 0.407. The lowest BCUT2D eigenvalue weighted by atomic mass is 9.97. The van der Waals surface area contributed by atoms with Crippen LogP contribution in [0.2, 0.25) is 0 Å². The van der Waals surface area contributed by atoms with Crippen LogP contribution in [0.3, 0.4) is 0 Å². The van der Waals surface area contributed by atoms with Gasteiger partial charge in [0.2, 0.25) is 0 Å². The van der Waals surface area contributed by atoms with Crippen LogP contribution in [-0.4, -0.2) is 72.9 Å². The first-order chi connectivity index (χ1) is 17.2. The highest BCUT2D eigenvalue weighted by Gasteiger charge is 2.29. The van der Waals surface area contributed by atoms with Gasteiger partial charge < -0.3 is 24.6 Å². The summed E-state index contributed by atoms with van der Waals surface area (Å²) in [6.45, 7) is 3.58. The van der Waals surface area contributed by atoms with Crippen LogP contribution < -0.4 is 10.1 Å². The average molecular weight is 496 g/mol. The van der Waals surface area contributed by atoms with Crippen molar-refractivity contribution in [2.24, 2.45) is 0 Å². The lowest BCUT2D eigenvalue weighted by molar-refractivity contribution is -0.139. The number of rotatable bonds is 8. The third-order valence-electron chi connectivity index (χ3n) is 6.09. The van der Waals surface area contributed by atoms with Gasteiger partial charge in [-0.25, -0.2) is 4.79 Å². The number of nitrogens with zero attached hydrogens (tertiary/aromatic N) is 2. The van der Waals surface area contributed by atoms with Crippen LogP contribution >= 0.6 is 0 Å². The highest BCUT2D eigenvalue weighted by Crippen LogP contribution is 2.23. The minimum absolute atomic E-state index is 0.0527. The van der Waals surface area contributed by atoms with Gasteiger partial charge in [0.05, 0.1) is 5.56 Å². The summed E-state index contributed by atoms with van der Waals surface area (Å²) in [6, 6.07) is 13.0. The Balaban J connectivity index is 1.44. The van der Waals surface area contributed by atoms with Crippen molar-refractivity contribution in [1.82, 2.24) is 9.80 Å². The van der Waals surface area contributed by atoms with E-state index in [1.807, 2.05) is 4.90 Å². The molecule has 9 heteroatoms. The van der Waals surface area contributed by atoms with Crippen LogP contribution in [0, 0.1) is 0 Å². The molecule has 1 saturated heterocycles. The van der Waals surface area contributed by atoms with Gasteiger partial charge in [-0.1, -0.05) is 0 Å². The predicted molar refractivity (Wildman–Crippen MR) is 135 cm³/mol. The van der Waals surface area contributed by atoms with E-state index in [1.165, 1.54) is 17.0 Å². The van der Waals surface area contributed by atoms with E-state index < -0.39 is 18.5 Å². The second-order valence-electron chi connectivity index (χ2n) is 9.14. The van der Waals surface area contributed by atoms with Crippen molar-refractivity contribution >= 4 is 29.4 Å². The molecule has 2 aromatic carbocycles. The van der Waals surface area contributed by atoms with Crippen LogP contribution in [0.5, 0.6) is 5.75 Å². The van der Waals surface area contributed by atoms with E-state index in [9.17, 15) is 19.2 Å². The smallest absolute Gasteiger partial charge is 0.338 e. The van der Waals surface area contributed by atoms with Gasteiger partial charge in [-0.2, -0.15) is 0 Å². The molecule has 0 bridgehead atoms. The number of hydrogen-bond acceptors (Lipinski definition) is 6. The van der Waals surface area contributed by atoms with E-state index >= 15 is 0 Å². The molecule has 0 spiro atoms. The molecule has 9 nitrogen and oxygen atoms in total. The van der Waals surface area contributed by atoms with Gasteiger partial charge in [-0.05, 0) is 81.6 Å². The largest absolute Gasteiger partial charge is 0.484 e. The SMILES string of the molecule is CC1CCCC(C)N1C(=O)COc1ccc(C(=O)OCC(=O)Nc2ccc(C(=O)N(C)C)cc2)cc1. The molecule has 36 heavy (non-hydrogen) atoms. The third kappa shape index (κ3) is 7.07. The van der Waals surface area contributed by atoms with Crippen LogP contribution in [-0.2, 0) is 14.3 Å². The van der Waals surface area contributed by atoms with Gasteiger partial charge in [0, 0.05) is 37.4 Å². The zero-order valence-electron chi connectivity index (χ0n) is 21.2. The van der Waals surface area contributed by atoms with Crippen molar-refractivity contribution in [3.05, 3.63) is 59.7 Å². The fourth-order valence-electron chi connectivity index (χ4n) is 4.19. The number of ether oxygens (including phenoxy) is 2. The normalized spacial score (nSPS) is 17.2. The van der Waals surface area contributed by atoms with E-state index in [-0.39, 0.29) is 36.1 Å². The van der Waals surface area contributed by atoms with Crippen LogP contribution in [0.25, 0.3) is 0 Å². The Labute approximate surface area is 211 Å². The van der Waals surface area contributed by atoms with Gasteiger partial charge in [0.1, 0.15) is 5.75 Å². The first kappa shape index (κ1) is 26.7. The van der Waals surface area contributed by atoms with Gasteiger partial charge in [-0.3, -0.25) is 14.4 Å². The summed E-state index contributed by atoms with van der Waals surface area (Å²) in [7, 11) is 3.32. The molecule has 1 N–H and O–H groups in total. The molecule has 0 saturated carbocycles. The maximum Gasteiger partial charge on any atom is 0.338 e. The summed E-state index contributed by atoms with van der Waals surface area (Å²) in [4.78, 5) is 52.3. The molecule has 0 aromatic heterocycles. The van der Waals surface area contributed by atoms with E-state index in [0.29, 0.717) is 17.0 Å². The number of esters is 1. The van der Waals surface area contributed by atoms with E-state index in [0.717, 1.165) is 19.3 Å². The summed E-state index contributed by atoms with van der Waals surface area (Å²) < 4.78 is 10.7. The second kappa shape index (κ2) is 12.2. The topological polar surface area (TPSA) is 105 Å². The minimum atomic E-state index is -0.657. The molecule has 0 radical (unpaired) electrons. The number of nitrogens with one attached hydrogen (secondary N) is 1. The minimum Gasteiger partial charge on any atom is -0.484 e. The molecule has 1 heterocycles. The zero-order valence-corrected chi connectivity index (χ0v) is 21.2. The number of hydrogen-bond donors (Lipinski definition) is 1. The van der Waals surface area contributed by atoms with E-state index in [2.05, 4.69) is 19.2 Å². The maximum absolute atomic E-state index is 12.6. The van der Waals surface area contributed by atoms with Crippen LogP contribution in [0.4, 0.5) is 5.69 Å². The van der Waals surface area contributed by atoms with Crippen LogP contribution in [0.15, 0.2) is 48.5 Å². The van der Waals surface area contributed by atoms with Crippen molar-refractivity contribution in [2.45, 2.75) is 45.2 Å². The van der Waals surface area contributed by atoms with Crippen molar-refractivity contribution < 1.29 is 28.7 Å². The molecule has 2 atom stereocenters. The molecule has 192 valence electrons. The first-order valence-corrected chi connectivity index (χ1v) is 12.0. The summed E-state index contributed by atoms with van der Waals surface area (Å²) in [5.74, 6) is -0.893. The lowest BCUT2D eigenvalue weighted by Gasteiger charge is -2.38.